The van der Waals surface area contributed by atoms with Gasteiger partial charge in [0.15, 0.2) is 0 Å². The molecule has 1 aliphatic carbocycles. The summed E-state index contributed by atoms with van der Waals surface area (Å²) in [4.78, 5) is 15.3. The molecule has 1 aliphatic rings. The van der Waals surface area contributed by atoms with Crippen LogP contribution in [0.15, 0.2) is 12.3 Å². The van der Waals surface area contributed by atoms with Crippen LogP contribution in [0.25, 0.3) is 0 Å². The Kier molecular flexibility index (Phi) is 2.49. The van der Waals surface area contributed by atoms with Crippen molar-refractivity contribution in [2.24, 2.45) is 5.92 Å². The van der Waals surface area contributed by atoms with Crippen LogP contribution in [0.3, 0.4) is 0 Å². The Morgan fingerprint density at radius 2 is 2.12 bits per heavy atom. The van der Waals surface area contributed by atoms with Crippen LogP contribution in [0.4, 0.5) is 0 Å². The summed E-state index contributed by atoms with van der Waals surface area (Å²) in [6.07, 6.45) is 3.08. The van der Waals surface area contributed by atoms with E-state index in [-0.39, 0.29) is 11.3 Å². The highest BCUT2D eigenvalue weighted by Crippen LogP contribution is 2.29. The zero-order valence-electron chi connectivity index (χ0n) is 9.95. The van der Waals surface area contributed by atoms with Crippen LogP contribution in [0.5, 0.6) is 0 Å². The molecule has 0 spiro atoms. The van der Waals surface area contributed by atoms with Crippen LogP contribution in [-0.2, 0) is 23.1 Å². The summed E-state index contributed by atoms with van der Waals surface area (Å²) in [7, 11) is 0. The summed E-state index contributed by atoms with van der Waals surface area (Å²) < 4.78 is 0. The molecule has 1 aromatic rings. The lowest BCUT2D eigenvalue weighted by molar-refractivity contribution is -0.141. The lowest BCUT2D eigenvalue weighted by Gasteiger charge is -2.19. The molecule has 0 fully saturated rings. The van der Waals surface area contributed by atoms with Crippen LogP contribution in [0, 0.1) is 5.92 Å². The minimum atomic E-state index is -0.713. The summed E-state index contributed by atoms with van der Waals surface area (Å²) in [5.74, 6) is -0.993. The molecule has 0 aromatic carbocycles. The molecule has 0 aliphatic heterocycles. The number of carboxylic acids is 1. The minimum Gasteiger partial charge on any atom is -0.481 e. The van der Waals surface area contributed by atoms with Gasteiger partial charge in [0.2, 0.25) is 0 Å². The lowest BCUT2D eigenvalue weighted by atomic mass is 9.87. The number of nitrogens with zero attached hydrogens (tertiary/aromatic N) is 1. The van der Waals surface area contributed by atoms with E-state index in [1.54, 1.807) is 0 Å². The molecular weight excluding hydrogens is 202 g/mol. The molecule has 0 saturated heterocycles. The van der Waals surface area contributed by atoms with Crippen LogP contribution in [-0.4, -0.2) is 16.1 Å². The van der Waals surface area contributed by atoms with Gasteiger partial charge in [-0.15, -0.1) is 0 Å². The Hall–Kier alpha value is -1.38. The molecule has 1 aromatic heterocycles. The fourth-order valence-corrected chi connectivity index (χ4v) is 2.05. The van der Waals surface area contributed by atoms with Crippen molar-refractivity contribution in [2.75, 3.05) is 0 Å². The SMILES string of the molecule is CC(C)(C)c1cnc2c(c1)CC(C(=O)O)C2. The Morgan fingerprint density at radius 3 is 2.69 bits per heavy atom. The maximum Gasteiger partial charge on any atom is 0.307 e. The van der Waals surface area contributed by atoms with E-state index < -0.39 is 5.97 Å². The molecule has 16 heavy (non-hydrogen) atoms. The number of aromatic nitrogens is 1. The number of carboxylic acid groups (broad SMARTS) is 1. The van der Waals surface area contributed by atoms with Gasteiger partial charge in [-0.1, -0.05) is 26.8 Å². The van der Waals surface area contributed by atoms with Gasteiger partial charge < -0.3 is 5.11 Å². The van der Waals surface area contributed by atoms with E-state index in [0.29, 0.717) is 12.8 Å². The molecule has 0 bridgehead atoms. The van der Waals surface area contributed by atoms with Crippen molar-refractivity contribution >= 4 is 5.97 Å². The van der Waals surface area contributed by atoms with Crippen molar-refractivity contribution in [3.8, 4) is 0 Å². The van der Waals surface area contributed by atoms with E-state index >= 15 is 0 Å². The molecule has 1 N–H and O–H groups in total. The van der Waals surface area contributed by atoms with Crippen LogP contribution in [0.2, 0.25) is 0 Å². The standard InChI is InChI=1S/C13H17NO2/c1-13(2,3)10-5-8-4-9(12(15)16)6-11(8)14-7-10/h5,7,9H,4,6H2,1-3H3,(H,15,16). The van der Waals surface area contributed by atoms with Crippen LogP contribution in [0.1, 0.15) is 37.6 Å². The minimum absolute atomic E-state index is 0.0728. The average molecular weight is 219 g/mol. The van der Waals surface area contributed by atoms with Gasteiger partial charge in [0.05, 0.1) is 5.92 Å². The van der Waals surface area contributed by atoms with Gasteiger partial charge >= 0.3 is 5.97 Å². The second-order valence-electron chi connectivity index (χ2n) is 5.52. The van der Waals surface area contributed by atoms with Crippen molar-refractivity contribution in [3.05, 3.63) is 29.1 Å². The highest BCUT2D eigenvalue weighted by molar-refractivity contribution is 5.72. The normalized spacial score (nSPS) is 19.6. The summed E-state index contributed by atoms with van der Waals surface area (Å²) in [5, 5.41) is 8.99. The zero-order chi connectivity index (χ0) is 11.9. The molecular formula is C13H17NO2. The highest BCUT2D eigenvalue weighted by Gasteiger charge is 2.29. The number of carbonyl (C=O) groups is 1. The van der Waals surface area contributed by atoms with E-state index in [9.17, 15) is 4.79 Å². The fourth-order valence-electron chi connectivity index (χ4n) is 2.05. The fraction of sp³-hybridized carbons (Fsp3) is 0.538. The first-order valence-corrected chi connectivity index (χ1v) is 5.59. The molecule has 0 saturated carbocycles. The smallest absolute Gasteiger partial charge is 0.307 e. The van der Waals surface area contributed by atoms with Crippen molar-refractivity contribution in [1.82, 2.24) is 4.98 Å². The molecule has 0 radical (unpaired) electrons. The third-order valence-electron chi connectivity index (χ3n) is 3.18. The van der Waals surface area contributed by atoms with Gasteiger partial charge in [-0.3, -0.25) is 9.78 Å². The number of pyridine rings is 1. The highest BCUT2D eigenvalue weighted by atomic mass is 16.4. The Morgan fingerprint density at radius 1 is 1.44 bits per heavy atom. The lowest BCUT2D eigenvalue weighted by Crippen LogP contribution is -2.13. The first-order valence-electron chi connectivity index (χ1n) is 5.59. The van der Waals surface area contributed by atoms with E-state index in [1.165, 1.54) is 5.56 Å². The Bertz CT molecular complexity index is 432. The number of rotatable bonds is 1. The molecule has 0 amide bonds. The van der Waals surface area contributed by atoms with Crippen molar-refractivity contribution < 1.29 is 9.90 Å². The Labute approximate surface area is 95.5 Å². The number of fused-ring (bicyclic) bond motifs is 1. The van der Waals surface area contributed by atoms with Gasteiger partial charge in [-0.2, -0.15) is 0 Å². The molecule has 2 rings (SSSR count). The first kappa shape index (κ1) is 11.1. The van der Waals surface area contributed by atoms with Gasteiger partial charge in [-0.05, 0) is 23.0 Å². The number of hydrogen-bond donors (Lipinski definition) is 1. The van der Waals surface area contributed by atoms with Gasteiger partial charge in [0, 0.05) is 18.3 Å². The summed E-state index contributed by atoms with van der Waals surface area (Å²) in [5.41, 5.74) is 3.32. The molecule has 3 nitrogen and oxygen atoms in total. The second kappa shape index (κ2) is 3.58. The number of aliphatic carboxylic acids is 1. The maximum absolute atomic E-state index is 10.9. The molecule has 1 heterocycles. The molecule has 1 unspecified atom stereocenters. The summed E-state index contributed by atoms with van der Waals surface area (Å²) in [6.45, 7) is 6.42. The zero-order valence-corrected chi connectivity index (χ0v) is 9.95. The van der Waals surface area contributed by atoms with Crippen molar-refractivity contribution in [2.45, 2.75) is 39.0 Å². The largest absolute Gasteiger partial charge is 0.481 e. The Balaban J connectivity index is 2.31. The quantitative estimate of drug-likeness (QED) is 0.787. The monoisotopic (exact) mass is 219 g/mol. The van der Waals surface area contributed by atoms with E-state index in [2.05, 4.69) is 31.8 Å². The number of hydrogen-bond acceptors (Lipinski definition) is 2. The van der Waals surface area contributed by atoms with Gasteiger partial charge in [-0.25, -0.2) is 0 Å². The van der Waals surface area contributed by atoms with Crippen molar-refractivity contribution in [3.63, 3.8) is 0 Å². The summed E-state index contributed by atoms with van der Waals surface area (Å²) >= 11 is 0. The molecule has 1 atom stereocenters. The van der Waals surface area contributed by atoms with Crippen LogP contribution < -0.4 is 0 Å². The van der Waals surface area contributed by atoms with E-state index in [0.717, 1.165) is 11.3 Å². The summed E-state index contributed by atoms with van der Waals surface area (Å²) in [6, 6.07) is 2.12. The molecule has 86 valence electrons. The average Bonchev–Trinajstić information content (AvgIpc) is 2.58. The second-order valence-corrected chi connectivity index (χ2v) is 5.52. The maximum atomic E-state index is 10.9. The van der Waals surface area contributed by atoms with Gasteiger partial charge in [0.1, 0.15) is 0 Å². The predicted molar refractivity (Wildman–Crippen MR) is 61.5 cm³/mol. The third-order valence-corrected chi connectivity index (χ3v) is 3.18. The topological polar surface area (TPSA) is 50.2 Å². The van der Waals surface area contributed by atoms with Crippen molar-refractivity contribution in [1.29, 1.82) is 0 Å². The third kappa shape index (κ3) is 1.94. The van der Waals surface area contributed by atoms with Gasteiger partial charge in [0.25, 0.3) is 0 Å². The van der Waals surface area contributed by atoms with Crippen LogP contribution >= 0.6 is 0 Å². The predicted octanol–water partition coefficient (Wildman–Crippen LogP) is 2.18. The van der Waals surface area contributed by atoms with E-state index in [1.807, 2.05) is 6.20 Å². The molecule has 3 heteroatoms. The first-order chi connectivity index (χ1) is 7.38. The van der Waals surface area contributed by atoms with E-state index in [4.69, 9.17) is 5.11 Å².